The van der Waals surface area contributed by atoms with Crippen LogP contribution in [0.15, 0.2) is 22.5 Å². The number of rotatable bonds is 3. The molecule has 2 heterocycles. The van der Waals surface area contributed by atoms with Crippen molar-refractivity contribution >= 4 is 44.8 Å². The Morgan fingerprint density at radius 3 is 3.00 bits per heavy atom. The van der Waals surface area contributed by atoms with Gasteiger partial charge in [-0.15, -0.1) is 17.9 Å². The maximum Gasteiger partial charge on any atom is 0.350 e. The average Bonchev–Trinajstić information content (AvgIpc) is 2.91. The second-order valence-corrected chi connectivity index (χ2v) is 5.69. The summed E-state index contributed by atoms with van der Waals surface area (Å²) in [4.78, 5) is 25.7. The molecule has 96 valence electrons. The largest absolute Gasteiger partial charge is 0.465 e. The smallest absolute Gasteiger partial charge is 0.350 e. The van der Waals surface area contributed by atoms with E-state index in [1.165, 1.54) is 18.4 Å². The molecule has 1 unspecified atom stereocenters. The van der Waals surface area contributed by atoms with Gasteiger partial charge in [0.25, 0.3) is 0 Å². The predicted molar refractivity (Wildman–Crippen MR) is 74.0 cm³/mol. The Morgan fingerprint density at radius 1 is 1.72 bits per heavy atom. The first-order valence-electron chi connectivity index (χ1n) is 5.36. The summed E-state index contributed by atoms with van der Waals surface area (Å²) in [6.45, 7) is 4.27. The van der Waals surface area contributed by atoms with Crippen molar-refractivity contribution in [1.29, 1.82) is 0 Å². The first-order valence-corrected chi connectivity index (χ1v) is 7.04. The van der Waals surface area contributed by atoms with Gasteiger partial charge in [-0.25, -0.2) is 4.79 Å². The van der Waals surface area contributed by atoms with Crippen LogP contribution in [-0.2, 0) is 9.53 Å². The molecule has 1 amide bonds. The molecule has 0 radical (unpaired) electrons. The molecule has 1 aromatic rings. The van der Waals surface area contributed by atoms with E-state index >= 15 is 0 Å². The van der Waals surface area contributed by atoms with Gasteiger partial charge in [-0.05, 0) is 15.9 Å². The maximum absolute atomic E-state index is 12.0. The third-order valence-corrected chi connectivity index (χ3v) is 4.71. The lowest BCUT2D eigenvalue weighted by molar-refractivity contribution is -0.117. The monoisotopic (exact) mass is 329 g/mol. The van der Waals surface area contributed by atoms with Gasteiger partial charge in [0.15, 0.2) is 0 Å². The zero-order valence-electron chi connectivity index (χ0n) is 9.81. The van der Waals surface area contributed by atoms with Gasteiger partial charge < -0.3 is 9.64 Å². The van der Waals surface area contributed by atoms with E-state index in [0.717, 1.165) is 4.47 Å². The highest BCUT2D eigenvalue weighted by atomic mass is 79.9. The number of hydrogen-bond acceptors (Lipinski definition) is 4. The Hall–Kier alpha value is -1.14. The number of nitrogens with zero attached hydrogens (tertiary/aromatic N) is 1. The van der Waals surface area contributed by atoms with Gasteiger partial charge >= 0.3 is 5.97 Å². The lowest BCUT2D eigenvalue weighted by Crippen LogP contribution is -2.26. The molecule has 18 heavy (non-hydrogen) atoms. The number of ether oxygens (including phenoxy) is 1. The van der Waals surface area contributed by atoms with Gasteiger partial charge in [0.05, 0.1) is 17.3 Å². The lowest BCUT2D eigenvalue weighted by Gasteiger charge is -2.17. The van der Waals surface area contributed by atoms with Crippen molar-refractivity contribution in [1.82, 2.24) is 0 Å². The van der Waals surface area contributed by atoms with E-state index in [0.29, 0.717) is 23.5 Å². The Labute approximate surface area is 117 Å². The molecule has 0 saturated carbocycles. The van der Waals surface area contributed by atoms with Gasteiger partial charge in [0.2, 0.25) is 5.91 Å². The Balaban J connectivity index is 2.39. The van der Waals surface area contributed by atoms with E-state index in [1.54, 1.807) is 16.4 Å². The molecule has 1 aliphatic heterocycles. The van der Waals surface area contributed by atoms with Crippen molar-refractivity contribution < 1.29 is 14.3 Å². The highest BCUT2D eigenvalue weighted by Gasteiger charge is 2.33. The minimum absolute atomic E-state index is 0.00385. The van der Waals surface area contributed by atoms with Crippen LogP contribution in [0.4, 0.5) is 5.69 Å². The second kappa shape index (κ2) is 5.24. The van der Waals surface area contributed by atoms with Crippen LogP contribution in [0.2, 0.25) is 0 Å². The molecule has 0 spiro atoms. The van der Waals surface area contributed by atoms with Crippen LogP contribution in [-0.4, -0.2) is 25.5 Å². The highest BCUT2D eigenvalue weighted by Crippen LogP contribution is 2.39. The average molecular weight is 330 g/mol. The summed E-state index contributed by atoms with van der Waals surface area (Å²) < 4.78 is 5.47. The van der Waals surface area contributed by atoms with Gasteiger partial charge in [-0.3, -0.25) is 4.79 Å². The van der Waals surface area contributed by atoms with E-state index in [1.807, 2.05) is 0 Å². The molecule has 0 bridgehead atoms. The number of esters is 1. The number of anilines is 1. The van der Waals surface area contributed by atoms with E-state index in [-0.39, 0.29) is 11.8 Å². The molecule has 1 fully saturated rings. The zero-order chi connectivity index (χ0) is 13.3. The fourth-order valence-corrected chi connectivity index (χ4v) is 3.60. The van der Waals surface area contributed by atoms with Crippen LogP contribution < -0.4 is 4.90 Å². The van der Waals surface area contributed by atoms with Crippen LogP contribution in [0.25, 0.3) is 0 Å². The predicted octanol–water partition coefficient (Wildman–Crippen LogP) is 2.84. The molecule has 0 aromatic carbocycles. The van der Waals surface area contributed by atoms with Crippen molar-refractivity contribution in [3.63, 3.8) is 0 Å². The first kappa shape index (κ1) is 13.3. The lowest BCUT2D eigenvalue weighted by atomic mass is 10.1. The van der Waals surface area contributed by atoms with E-state index in [2.05, 4.69) is 22.5 Å². The van der Waals surface area contributed by atoms with E-state index < -0.39 is 5.97 Å². The standard InChI is InChI=1S/C12H12BrNO3S/c1-3-7-4-9(15)14(5-7)10-8(13)6-18-11(10)12(16)17-2/h3,6-7H,1,4-5H2,2H3. The number of amides is 1. The quantitative estimate of drug-likeness (QED) is 0.632. The summed E-state index contributed by atoms with van der Waals surface area (Å²) in [7, 11) is 1.33. The molecular weight excluding hydrogens is 318 g/mol. The zero-order valence-corrected chi connectivity index (χ0v) is 12.2. The number of carbonyl (C=O) groups is 2. The SMILES string of the molecule is C=CC1CC(=O)N(c2c(Br)csc2C(=O)OC)C1. The van der Waals surface area contributed by atoms with Crippen LogP contribution in [0, 0.1) is 5.92 Å². The summed E-state index contributed by atoms with van der Waals surface area (Å²) in [5.74, 6) is -0.283. The maximum atomic E-state index is 12.0. The summed E-state index contributed by atoms with van der Waals surface area (Å²) in [5, 5.41) is 1.79. The Morgan fingerprint density at radius 2 is 2.44 bits per heavy atom. The van der Waals surface area contributed by atoms with Gasteiger partial charge in [-0.1, -0.05) is 6.08 Å². The van der Waals surface area contributed by atoms with Crippen LogP contribution in [0.1, 0.15) is 16.1 Å². The van der Waals surface area contributed by atoms with Gasteiger partial charge in [0.1, 0.15) is 4.88 Å². The van der Waals surface area contributed by atoms with E-state index in [9.17, 15) is 9.59 Å². The molecule has 2 rings (SSSR count). The number of carbonyl (C=O) groups excluding carboxylic acids is 2. The third kappa shape index (κ3) is 2.22. The number of methoxy groups -OCH3 is 1. The molecule has 0 N–H and O–H groups in total. The summed E-state index contributed by atoms with van der Waals surface area (Å²) >= 11 is 4.64. The molecule has 4 nitrogen and oxygen atoms in total. The van der Waals surface area contributed by atoms with Crippen LogP contribution in [0.5, 0.6) is 0 Å². The summed E-state index contributed by atoms with van der Waals surface area (Å²) in [5.41, 5.74) is 0.612. The van der Waals surface area contributed by atoms with Crippen LogP contribution >= 0.6 is 27.3 Å². The fourth-order valence-electron chi connectivity index (χ4n) is 1.93. The van der Waals surface area contributed by atoms with Crippen molar-refractivity contribution in [2.75, 3.05) is 18.6 Å². The fraction of sp³-hybridized carbons (Fsp3) is 0.333. The van der Waals surface area contributed by atoms with Crippen molar-refractivity contribution in [2.45, 2.75) is 6.42 Å². The first-order chi connectivity index (χ1) is 8.58. The van der Waals surface area contributed by atoms with E-state index in [4.69, 9.17) is 4.74 Å². The minimum Gasteiger partial charge on any atom is -0.465 e. The second-order valence-electron chi connectivity index (χ2n) is 3.96. The van der Waals surface area contributed by atoms with Crippen LogP contribution in [0.3, 0.4) is 0 Å². The number of hydrogen-bond donors (Lipinski definition) is 0. The van der Waals surface area contributed by atoms with Crippen molar-refractivity contribution in [3.8, 4) is 0 Å². The minimum atomic E-state index is -0.421. The molecule has 1 aromatic heterocycles. The van der Waals surface area contributed by atoms with Gasteiger partial charge in [-0.2, -0.15) is 0 Å². The normalized spacial score (nSPS) is 19.1. The molecule has 6 heteroatoms. The highest BCUT2D eigenvalue weighted by molar-refractivity contribution is 9.10. The van der Waals surface area contributed by atoms with Gasteiger partial charge in [0, 0.05) is 24.3 Å². The third-order valence-electron chi connectivity index (χ3n) is 2.85. The molecule has 1 atom stereocenters. The molecule has 1 aliphatic rings. The molecule has 0 aliphatic carbocycles. The topological polar surface area (TPSA) is 46.6 Å². The number of thiophene rings is 1. The number of halogens is 1. The molecular formula is C12H12BrNO3S. The summed E-state index contributed by atoms with van der Waals surface area (Å²) in [6, 6.07) is 0. The Kier molecular flexibility index (Phi) is 3.87. The van der Waals surface area contributed by atoms with Crippen molar-refractivity contribution in [3.05, 3.63) is 27.4 Å². The Bertz CT molecular complexity index is 511. The molecule has 1 saturated heterocycles. The summed E-state index contributed by atoms with van der Waals surface area (Å²) in [6.07, 6.45) is 2.21. The van der Waals surface area contributed by atoms with Crippen molar-refractivity contribution in [2.24, 2.45) is 5.92 Å².